The Morgan fingerprint density at radius 1 is 0.973 bits per heavy atom. The molecule has 0 N–H and O–H groups in total. The molecule has 9 nitrogen and oxygen atoms in total. The van der Waals surface area contributed by atoms with Gasteiger partial charge in [0.15, 0.2) is 0 Å². The summed E-state index contributed by atoms with van der Waals surface area (Å²) in [4.78, 5) is 0.0809. The number of aromatic nitrogens is 1. The Labute approximate surface area is 220 Å². The molecule has 0 fully saturated rings. The summed E-state index contributed by atoms with van der Waals surface area (Å²) in [6.07, 6.45) is 0.987. The Kier molecular flexibility index (Phi) is 9.01. The number of hydrogen-bond acceptors (Lipinski definition) is 8. The van der Waals surface area contributed by atoms with E-state index in [0.717, 1.165) is 16.6 Å². The number of hydrogen-bond donors (Lipinski definition) is 0. The molecule has 0 aliphatic rings. The van der Waals surface area contributed by atoms with Gasteiger partial charge >= 0.3 is 0 Å². The van der Waals surface area contributed by atoms with Crippen LogP contribution in [0.15, 0.2) is 57.9 Å². The van der Waals surface area contributed by atoms with Gasteiger partial charge in [-0.3, -0.25) is 4.18 Å². The maximum absolute atomic E-state index is 14.0. The van der Waals surface area contributed by atoms with Crippen LogP contribution in [0.25, 0.3) is 11.1 Å². The molecule has 0 spiro atoms. The lowest BCUT2D eigenvalue weighted by molar-refractivity contribution is 0.153. The van der Waals surface area contributed by atoms with Crippen LogP contribution in [0.5, 0.6) is 0 Å². The molecular weight excluding hydrogens is 533 g/mol. The van der Waals surface area contributed by atoms with Gasteiger partial charge in [-0.1, -0.05) is 67.3 Å². The van der Waals surface area contributed by atoms with Crippen molar-refractivity contribution in [3.8, 4) is 11.1 Å². The number of anilines is 1. The highest BCUT2D eigenvalue weighted by Gasteiger charge is 2.32. The van der Waals surface area contributed by atoms with Crippen LogP contribution in [0.2, 0.25) is 25.7 Å². The highest BCUT2D eigenvalue weighted by atomic mass is 32.2. The molecule has 3 rings (SSSR count). The van der Waals surface area contributed by atoms with Crippen molar-refractivity contribution in [1.29, 1.82) is 0 Å². The summed E-state index contributed by atoms with van der Waals surface area (Å²) >= 11 is 0. The molecule has 0 amide bonds. The molecule has 37 heavy (non-hydrogen) atoms. The molecule has 12 heteroatoms. The van der Waals surface area contributed by atoms with Gasteiger partial charge in [-0.25, -0.2) is 12.7 Å². The SMILES string of the molecule is Cc1noc(N(COCC[Si](C)(C)C)S(=O)(=O)c2ccccc2-c2ccc(COS(C)(=O)=O)cc2)c1C. The van der Waals surface area contributed by atoms with Gasteiger partial charge in [-0.05, 0) is 37.1 Å². The monoisotopic (exact) mass is 566 g/mol. The Morgan fingerprint density at radius 3 is 2.19 bits per heavy atom. The van der Waals surface area contributed by atoms with Crippen molar-refractivity contribution in [3.63, 3.8) is 0 Å². The molecule has 2 aromatic carbocycles. The third-order valence-electron chi connectivity index (χ3n) is 5.72. The minimum atomic E-state index is -4.12. The normalized spacial score (nSPS) is 12.6. The summed E-state index contributed by atoms with van der Waals surface area (Å²) in [5, 5.41) is 3.95. The zero-order chi connectivity index (χ0) is 27.4. The summed E-state index contributed by atoms with van der Waals surface area (Å²) in [5.41, 5.74) is 2.98. The second-order valence-electron chi connectivity index (χ2n) is 10.1. The van der Waals surface area contributed by atoms with E-state index in [1.54, 1.807) is 62.4 Å². The van der Waals surface area contributed by atoms with Crippen molar-refractivity contribution < 1.29 is 30.3 Å². The molecule has 1 aromatic heterocycles. The summed E-state index contributed by atoms with van der Waals surface area (Å²) in [7, 11) is -9.06. The summed E-state index contributed by atoms with van der Waals surface area (Å²) in [5.74, 6) is 0.119. The van der Waals surface area contributed by atoms with E-state index in [9.17, 15) is 16.8 Å². The molecule has 0 aliphatic carbocycles. The fraction of sp³-hybridized carbons (Fsp3) is 0.400. The molecule has 0 saturated carbocycles. The van der Waals surface area contributed by atoms with E-state index in [4.69, 9.17) is 13.4 Å². The first kappa shape index (κ1) is 29.0. The van der Waals surface area contributed by atoms with Gasteiger partial charge in [0.2, 0.25) is 5.88 Å². The van der Waals surface area contributed by atoms with E-state index in [0.29, 0.717) is 34.6 Å². The number of nitrogens with zero attached hydrogens (tertiary/aromatic N) is 2. The van der Waals surface area contributed by atoms with E-state index in [1.165, 1.54) is 0 Å². The number of sulfonamides is 1. The highest BCUT2D eigenvalue weighted by Crippen LogP contribution is 2.34. The van der Waals surface area contributed by atoms with Gasteiger partial charge in [0, 0.05) is 25.8 Å². The Balaban J connectivity index is 1.97. The fourth-order valence-electron chi connectivity index (χ4n) is 3.40. The first-order valence-corrected chi connectivity index (χ1v) is 18.7. The molecule has 0 saturated heterocycles. The van der Waals surface area contributed by atoms with Gasteiger partial charge in [0.25, 0.3) is 20.1 Å². The topological polar surface area (TPSA) is 116 Å². The lowest BCUT2D eigenvalue weighted by atomic mass is 10.0. The van der Waals surface area contributed by atoms with E-state index in [2.05, 4.69) is 24.8 Å². The lowest BCUT2D eigenvalue weighted by Crippen LogP contribution is -2.34. The lowest BCUT2D eigenvalue weighted by Gasteiger charge is -2.24. The Morgan fingerprint density at radius 2 is 1.62 bits per heavy atom. The van der Waals surface area contributed by atoms with Gasteiger partial charge in [-0.2, -0.15) is 8.42 Å². The van der Waals surface area contributed by atoms with Crippen LogP contribution < -0.4 is 4.31 Å². The Bertz CT molecular complexity index is 1430. The van der Waals surface area contributed by atoms with E-state index in [1.807, 2.05) is 0 Å². The van der Waals surface area contributed by atoms with Crippen LogP contribution in [0, 0.1) is 13.8 Å². The number of benzene rings is 2. The standard InChI is InChI=1S/C25H34N2O7S2Si/c1-19-20(2)26-34-25(19)27(18-32-15-16-37(4,5)6)36(30,31)24-10-8-7-9-23(24)22-13-11-21(12-14-22)17-33-35(3,28)29/h7-14H,15-18H2,1-6H3. The number of ether oxygens (including phenoxy) is 1. The fourth-order valence-corrected chi connectivity index (χ4v) is 6.06. The second-order valence-corrected chi connectivity index (χ2v) is 19.2. The van der Waals surface area contributed by atoms with Crippen molar-refractivity contribution in [3.05, 3.63) is 65.4 Å². The Hall–Kier alpha value is -2.51. The third kappa shape index (κ3) is 7.74. The predicted octanol–water partition coefficient (Wildman–Crippen LogP) is 4.94. The van der Waals surface area contributed by atoms with Crippen LogP contribution in [-0.2, 0) is 35.7 Å². The van der Waals surface area contributed by atoms with Crippen LogP contribution >= 0.6 is 0 Å². The molecule has 0 bridgehead atoms. The number of aryl methyl sites for hydroxylation is 1. The van der Waals surface area contributed by atoms with E-state index in [-0.39, 0.29) is 24.1 Å². The third-order valence-corrected chi connectivity index (χ3v) is 9.74. The van der Waals surface area contributed by atoms with Crippen molar-refractivity contribution >= 4 is 34.1 Å². The molecule has 0 radical (unpaired) electrons. The molecular formula is C25H34N2O7S2Si. The van der Waals surface area contributed by atoms with Gasteiger partial charge < -0.3 is 9.26 Å². The van der Waals surface area contributed by atoms with E-state index < -0.39 is 28.2 Å². The second kappa shape index (κ2) is 11.5. The zero-order valence-electron chi connectivity index (χ0n) is 22.0. The average Bonchev–Trinajstić information content (AvgIpc) is 3.14. The van der Waals surface area contributed by atoms with Crippen molar-refractivity contribution in [2.75, 3.05) is 23.9 Å². The summed E-state index contributed by atoms with van der Waals surface area (Å²) in [6.45, 7) is 10.3. The maximum atomic E-state index is 14.0. The van der Waals surface area contributed by atoms with Crippen molar-refractivity contribution in [1.82, 2.24) is 5.16 Å². The molecule has 1 heterocycles. The smallest absolute Gasteiger partial charge is 0.269 e. The first-order chi connectivity index (χ1) is 17.2. The van der Waals surface area contributed by atoms with Gasteiger partial charge in [-0.15, -0.1) is 0 Å². The van der Waals surface area contributed by atoms with Crippen LogP contribution in [0.3, 0.4) is 0 Å². The number of rotatable bonds is 12. The predicted molar refractivity (Wildman–Crippen MR) is 146 cm³/mol. The maximum Gasteiger partial charge on any atom is 0.269 e. The van der Waals surface area contributed by atoms with Gasteiger partial charge in [0.1, 0.15) is 6.73 Å². The molecule has 0 unspecified atom stereocenters. The van der Waals surface area contributed by atoms with Crippen LogP contribution in [0.4, 0.5) is 5.88 Å². The molecule has 0 atom stereocenters. The van der Waals surface area contributed by atoms with Crippen molar-refractivity contribution in [2.24, 2.45) is 0 Å². The zero-order valence-corrected chi connectivity index (χ0v) is 24.6. The molecule has 3 aromatic rings. The van der Waals surface area contributed by atoms with Crippen LogP contribution in [0.1, 0.15) is 16.8 Å². The highest BCUT2D eigenvalue weighted by molar-refractivity contribution is 7.93. The van der Waals surface area contributed by atoms with Crippen LogP contribution in [-0.4, -0.2) is 49.7 Å². The first-order valence-electron chi connectivity index (χ1n) is 11.8. The van der Waals surface area contributed by atoms with Gasteiger partial charge in [0.05, 0.1) is 23.5 Å². The van der Waals surface area contributed by atoms with E-state index >= 15 is 0 Å². The average molecular weight is 567 g/mol. The molecule has 202 valence electrons. The minimum Gasteiger partial charge on any atom is -0.360 e. The quantitative estimate of drug-likeness (QED) is 0.131. The molecule has 0 aliphatic heterocycles. The van der Waals surface area contributed by atoms with Crippen molar-refractivity contribution in [2.45, 2.75) is 51.0 Å². The summed E-state index contributed by atoms with van der Waals surface area (Å²) in [6, 6.07) is 14.4. The minimum absolute atomic E-state index is 0.0809. The summed E-state index contributed by atoms with van der Waals surface area (Å²) < 4.78 is 67.9. The largest absolute Gasteiger partial charge is 0.360 e.